The minimum Gasteiger partial charge on any atom is -0.345 e. The molecule has 2 amide bonds. The smallest absolute Gasteiger partial charge is 0.345 e. The molecule has 8 heterocycles. The molecule has 2 N–H and O–H groups in total. The largest absolute Gasteiger partial charge is 0.416 e. The molecule has 0 bridgehead atoms. The fraction of sp³-hybridized carbons (Fsp3) is 0.318. The van der Waals surface area contributed by atoms with Gasteiger partial charge >= 0.3 is 12.4 Å². The molecule has 2 aliphatic rings. The minimum atomic E-state index is -4.42. The number of amides is 2. The molecule has 18 heteroatoms. The van der Waals surface area contributed by atoms with Crippen LogP contribution < -0.4 is 0 Å². The van der Waals surface area contributed by atoms with E-state index in [2.05, 4.69) is 52.6 Å². The third kappa shape index (κ3) is 7.51. The molecule has 2 aromatic carbocycles. The van der Waals surface area contributed by atoms with Crippen LogP contribution in [0.3, 0.4) is 0 Å². The molecule has 8 aromatic rings. The number of fused-ring (bicyclic) bond motifs is 6. The van der Waals surface area contributed by atoms with Crippen LogP contribution in [-0.2, 0) is 12.4 Å². The number of piperidine rings is 2. The lowest BCUT2D eigenvalue weighted by Gasteiger charge is -2.36. The van der Waals surface area contributed by atoms with Crippen LogP contribution in [0, 0.1) is 11.8 Å². The van der Waals surface area contributed by atoms with Crippen molar-refractivity contribution in [2.45, 2.75) is 50.9 Å². The Morgan fingerprint density at radius 2 is 0.935 bits per heavy atom. The van der Waals surface area contributed by atoms with E-state index in [-0.39, 0.29) is 34.8 Å². The zero-order valence-electron chi connectivity index (χ0n) is 33.5. The molecule has 320 valence electrons. The van der Waals surface area contributed by atoms with Crippen molar-refractivity contribution in [3.8, 4) is 0 Å². The highest BCUT2D eigenvalue weighted by molar-refractivity contribution is 5.95. The second-order valence-electron chi connectivity index (χ2n) is 16.1. The molecule has 2 fully saturated rings. The fourth-order valence-electron chi connectivity index (χ4n) is 8.67. The molecule has 10 rings (SSSR count). The molecule has 0 saturated carbocycles. The normalized spacial score (nSPS) is 19.9. The Balaban J connectivity index is 0.000000158. The number of likely N-dealkylation sites (tertiary alicyclic amines) is 2. The van der Waals surface area contributed by atoms with E-state index in [9.17, 15) is 35.9 Å². The number of nitrogens with zero attached hydrogens (tertiary/aromatic N) is 8. The van der Waals surface area contributed by atoms with Gasteiger partial charge in [-0.15, -0.1) is 0 Å². The highest BCUT2D eigenvalue weighted by atomic mass is 19.4. The number of carbonyl (C=O) groups excluding carboxylic acids is 2. The zero-order chi connectivity index (χ0) is 43.5. The summed E-state index contributed by atoms with van der Waals surface area (Å²) in [5.41, 5.74) is 4.09. The van der Waals surface area contributed by atoms with Crippen LogP contribution in [0.15, 0.2) is 97.8 Å². The van der Waals surface area contributed by atoms with Crippen molar-refractivity contribution in [1.29, 1.82) is 0 Å². The molecule has 2 aliphatic heterocycles. The number of halogens is 6. The van der Waals surface area contributed by atoms with Gasteiger partial charge < -0.3 is 19.8 Å². The van der Waals surface area contributed by atoms with E-state index in [0.29, 0.717) is 38.0 Å². The quantitative estimate of drug-likeness (QED) is 0.170. The number of rotatable bonds is 4. The van der Waals surface area contributed by atoms with E-state index in [1.807, 2.05) is 24.5 Å². The number of benzene rings is 2. The average Bonchev–Trinajstić information content (AvgIpc) is 4.09. The van der Waals surface area contributed by atoms with Crippen LogP contribution in [0.2, 0.25) is 0 Å². The van der Waals surface area contributed by atoms with Crippen LogP contribution in [0.25, 0.3) is 33.4 Å². The van der Waals surface area contributed by atoms with Crippen molar-refractivity contribution in [3.63, 3.8) is 0 Å². The standard InChI is InChI=1S/2C22H20F3N5O/c2*1-13-7-9-29(21(31)14-2-4-15(5-3-14)22(23,24)25)12-17(13)20-28-11-16-10-27-19-18(30(16)20)6-8-26-19/h2*2-6,8,10-11,13,17,26H,7,9,12H2,1H3/t2*13-,17+/m10/s1. The van der Waals surface area contributed by atoms with E-state index in [4.69, 9.17) is 0 Å². The van der Waals surface area contributed by atoms with E-state index in [0.717, 1.165) is 82.1 Å². The Hall–Kier alpha value is -6.72. The average molecular weight is 855 g/mol. The monoisotopic (exact) mass is 854 g/mol. The first-order valence-corrected chi connectivity index (χ1v) is 20.2. The van der Waals surface area contributed by atoms with Crippen LogP contribution >= 0.6 is 0 Å². The van der Waals surface area contributed by atoms with Crippen molar-refractivity contribution in [2.75, 3.05) is 26.2 Å². The van der Waals surface area contributed by atoms with Gasteiger partial charge in [-0.05, 0) is 85.3 Å². The number of hydrogen-bond acceptors (Lipinski definition) is 6. The first-order valence-electron chi connectivity index (χ1n) is 20.2. The highest BCUT2D eigenvalue weighted by Crippen LogP contribution is 2.36. The van der Waals surface area contributed by atoms with E-state index in [1.165, 1.54) is 24.3 Å². The summed E-state index contributed by atoms with van der Waals surface area (Å²) < 4.78 is 81.1. The van der Waals surface area contributed by atoms with Gasteiger partial charge in [0.1, 0.15) is 11.6 Å². The first kappa shape index (κ1) is 40.7. The summed E-state index contributed by atoms with van der Waals surface area (Å²) in [6.07, 6.45) is 3.44. The van der Waals surface area contributed by atoms with Gasteiger partial charge in [-0.3, -0.25) is 18.4 Å². The van der Waals surface area contributed by atoms with Crippen molar-refractivity contribution in [1.82, 2.24) is 48.5 Å². The SMILES string of the molecule is C[C@@H]1CCN(C(=O)c2ccc(C(F)(F)F)cc2)C[C@@H]1c1ncc2cnc3[nH]ccc3n12.C[C@H]1CCN(C(=O)c2ccc(C(F)(F)F)cc2)C[C@H]1c1ncc2cnc3[nH]ccc3n12. The van der Waals surface area contributed by atoms with Crippen molar-refractivity contribution < 1.29 is 35.9 Å². The third-order valence-corrected chi connectivity index (χ3v) is 12.2. The Morgan fingerprint density at radius 3 is 1.31 bits per heavy atom. The summed E-state index contributed by atoms with van der Waals surface area (Å²) in [7, 11) is 0. The number of carbonyl (C=O) groups is 2. The zero-order valence-corrected chi connectivity index (χ0v) is 33.5. The van der Waals surface area contributed by atoms with Gasteiger partial charge in [-0.2, -0.15) is 26.3 Å². The lowest BCUT2D eigenvalue weighted by atomic mass is 9.86. The van der Waals surface area contributed by atoms with E-state index >= 15 is 0 Å². The number of aromatic amines is 2. The number of H-pyrrole nitrogens is 2. The summed E-state index contributed by atoms with van der Waals surface area (Å²) in [4.78, 5) is 53.8. The van der Waals surface area contributed by atoms with Crippen LogP contribution in [-0.4, -0.2) is 86.5 Å². The predicted octanol–water partition coefficient (Wildman–Crippen LogP) is 8.99. The van der Waals surface area contributed by atoms with Crippen LogP contribution in [0.1, 0.15) is 82.0 Å². The van der Waals surface area contributed by atoms with Crippen molar-refractivity contribution in [3.05, 3.63) is 132 Å². The Bertz CT molecular complexity index is 2710. The number of alkyl halides is 6. The van der Waals surface area contributed by atoms with Crippen molar-refractivity contribution >= 4 is 45.2 Å². The summed E-state index contributed by atoms with van der Waals surface area (Å²) in [5, 5.41) is 0. The molecule has 6 aromatic heterocycles. The molecule has 12 nitrogen and oxygen atoms in total. The molecule has 62 heavy (non-hydrogen) atoms. The summed E-state index contributed by atoms with van der Waals surface area (Å²) in [6.45, 7) is 6.30. The summed E-state index contributed by atoms with van der Waals surface area (Å²) in [5.74, 6) is 1.78. The number of imidazole rings is 2. The predicted molar refractivity (Wildman–Crippen MR) is 217 cm³/mol. The Kier molecular flexibility index (Phi) is 10.3. The Morgan fingerprint density at radius 1 is 0.565 bits per heavy atom. The number of hydrogen-bond donors (Lipinski definition) is 2. The maximum absolute atomic E-state index is 13.0. The lowest BCUT2D eigenvalue weighted by Crippen LogP contribution is -2.42. The minimum absolute atomic E-state index is 0.00449. The maximum atomic E-state index is 13.0. The van der Waals surface area contributed by atoms with Gasteiger partial charge in [-0.25, -0.2) is 19.9 Å². The summed E-state index contributed by atoms with van der Waals surface area (Å²) in [6, 6.07) is 12.7. The molecule has 0 spiro atoms. The van der Waals surface area contributed by atoms with E-state index in [1.54, 1.807) is 34.6 Å². The molecule has 0 unspecified atom stereocenters. The molecule has 4 atom stereocenters. The number of nitrogens with one attached hydrogen (secondary N) is 2. The van der Waals surface area contributed by atoms with Gasteiger partial charge in [-0.1, -0.05) is 13.8 Å². The molecular weight excluding hydrogens is 815 g/mol. The molecule has 0 radical (unpaired) electrons. The maximum Gasteiger partial charge on any atom is 0.416 e. The summed E-state index contributed by atoms with van der Waals surface area (Å²) >= 11 is 0. The highest BCUT2D eigenvalue weighted by Gasteiger charge is 2.36. The van der Waals surface area contributed by atoms with Gasteiger partial charge in [0.15, 0.2) is 11.3 Å². The van der Waals surface area contributed by atoms with Gasteiger partial charge in [0.25, 0.3) is 11.8 Å². The van der Waals surface area contributed by atoms with Crippen molar-refractivity contribution in [2.24, 2.45) is 11.8 Å². The van der Waals surface area contributed by atoms with E-state index < -0.39 is 23.5 Å². The molecule has 2 saturated heterocycles. The number of aromatic nitrogens is 8. The second kappa shape index (κ2) is 15.6. The van der Waals surface area contributed by atoms with Crippen LogP contribution in [0.4, 0.5) is 26.3 Å². The van der Waals surface area contributed by atoms with Gasteiger partial charge in [0, 0.05) is 61.5 Å². The lowest BCUT2D eigenvalue weighted by molar-refractivity contribution is -0.138. The Labute approximate surface area is 349 Å². The molecule has 0 aliphatic carbocycles. The fourth-order valence-corrected chi connectivity index (χ4v) is 8.67. The third-order valence-electron chi connectivity index (χ3n) is 12.2. The second-order valence-corrected chi connectivity index (χ2v) is 16.1. The molecular formula is C44H40F6N10O2. The topological polar surface area (TPSA) is 133 Å². The van der Waals surface area contributed by atoms with Gasteiger partial charge in [0.2, 0.25) is 0 Å². The van der Waals surface area contributed by atoms with Crippen LogP contribution in [0.5, 0.6) is 0 Å². The first-order chi connectivity index (χ1) is 29.7. The van der Waals surface area contributed by atoms with Gasteiger partial charge in [0.05, 0.1) is 58.0 Å².